The van der Waals surface area contributed by atoms with Gasteiger partial charge in [-0.15, -0.1) is 0 Å². The van der Waals surface area contributed by atoms with Gasteiger partial charge in [0.05, 0.1) is 6.54 Å². The van der Waals surface area contributed by atoms with Gasteiger partial charge in [0.15, 0.2) is 0 Å². The molecule has 0 atom stereocenters. The molecule has 3 nitrogen and oxygen atoms in total. The fourth-order valence-electron chi connectivity index (χ4n) is 3.29. The normalized spacial score (nSPS) is 11.2. The molecular weight excluding hydrogens is 361 g/mol. The van der Waals surface area contributed by atoms with Crippen molar-refractivity contribution in [2.75, 3.05) is 0 Å². The second-order valence-electron chi connectivity index (χ2n) is 6.46. The SMILES string of the molecule is Fc1cccc(Cl)c1Cn1cc(CNCc2ccncc2)c2ccccc21. The molecular formula is C22H19ClFN3. The monoisotopic (exact) mass is 379 g/mol. The maximum absolute atomic E-state index is 14.2. The van der Waals surface area contributed by atoms with E-state index in [1.54, 1.807) is 24.5 Å². The molecule has 4 rings (SSSR count). The van der Waals surface area contributed by atoms with Gasteiger partial charge in [0.2, 0.25) is 0 Å². The highest BCUT2D eigenvalue weighted by atomic mass is 35.5. The van der Waals surface area contributed by atoms with Gasteiger partial charge in [0.25, 0.3) is 0 Å². The molecule has 2 aromatic carbocycles. The molecule has 0 spiro atoms. The Morgan fingerprint density at radius 1 is 0.963 bits per heavy atom. The molecule has 0 aliphatic carbocycles. The van der Waals surface area contributed by atoms with Gasteiger partial charge in [-0.1, -0.05) is 35.9 Å². The van der Waals surface area contributed by atoms with Crippen LogP contribution in [0.1, 0.15) is 16.7 Å². The molecule has 0 unspecified atom stereocenters. The lowest BCUT2D eigenvalue weighted by molar-refractivity contribution is 0.601. The number of halogens is 2. The number of aromatic nitrogens is 2. The van der Waals surface area contributed by atoms with Crippen molar-refractivity contribution >= 4 is 22.5 Å². The third kappa shape index (κ3) is 3.87. The van der Waals surface area contributed by atoms with Crippen molar-refractivity contribution in [3.05, 3.63) is 101 Å². The summed E-state index contributed by atoms with van der Waals surface area (Å²) in [5.74, 6) is -0.280. The Morgan fingerprint density at radius 2 is 1.78 bits per heavy atom. The Bertz CT molecular complexity index is 1040. The summed E-state index contributed by atoms with van der Waals surface area (Å²) in [7, 11) is 0. The van der Waals surface area contributed by atoms with E-state index in [0.29, 0.717) is 17.1 Å². The van der Waals surface area contributed by atoms with E-state index in [4.69, 9.17) is 11.6 Å². The number of fused-ring (bicyclic) bond motifs is 1. The molecule has 0 saturated carbocycles. The molecule has 1 N–H and O–H groups in total. The van der Waals surface area contributed by atoms with Gasteiger partial charge in [-0.25, -0.2) is 4.39 Å². The van der Waals surface area contributed by atoms with Crippen molar-refractivity contribution in [3.8, 4) is 0 Å². The molecule has 0 radical (unpaired) electrons. The van der Waals surface area contributed by atoms with E-state index in [2.05, 4.69) is 33.2 Å². The Morgan fingerprint density at radius 3 is 2.59 bits per heavy atom. The topological polar surface area (TPSA) is 29.9 Å². The van der Waals surface area contributed by atoms with Crippen LogP contribution in [0.2, 0.25) is 5.02 Å². The van der Waals surface area contributed by atoms with E-state index in [1.807, 2.05) is 24.3 Å². The maximum atomic E-state index is 14.2. The van der Waals surface area contributed by atoms with Gasteiger partial charge in [-0.2, -0.15) is 0 Å². The molecule has 0 aliphatic rings. The van der Waals surface area contributed by atoms with Crippen molar-refractivity contribution in [2.45, 2.75) is 19.6 Å². The van der Waals surface area contributed by atoms with E-state index in [0.717, 1.165) is 24.0 Å². The minimum Gasteiger partial charge on any atom is -0.343 e. The number of para-hydroxylation sites is 1. The highest BCUT2D eigenvalue weighted by Gasteiger charge is 2.12. The Hall–Kier alpha value is -2.69. The number of benzene rings is 2. The van der Waals surface area contributed by atoms with Gasteiger partial charge in [-0.05, 0) is 41.5 Å². The maximum Gasteiger partial charge on any atom is 0.129 e. The third-order valence-electron chi connectivity index (χ3n) is 4.66. The zero-order valence-electron chi connectivity index (χ0n) is 14.7. The highest BCUT2D eigenvalue weighted by molar-refractivity contribution is 6.31. The first kappa shape index (κ1) is 17.7. The molecule has 4 aromatic rings. The van der Waals surface area contributed by atoms with E-state index in [-0.39, 0.29) is 5.82 Å². The predicted octanol–water partition coefficient (Wildman–Crippen LogP) is 5.17. The van der Waals surface area contributed by atoms with Crippen LogP contribution < -0.4 is 5.32 Å². The fourth-order valence-corrected chi connectivity index (χ4v) is 3.51. The van der Waals surface area contributed by atoms with Gasteiger partial charge in [0, 0.05) is 53.2 Å². The second kappa shape index (κ2) is 7.91. The zero-order valence-corrected chi connectivity index (χ0v) is 15.5. The average molecular weight is 380 g/mol. The summed E-state index contributed by atoms with van der Waals surface area (Å²) in [6.07, 6.45) is 5.66. The van der Waals surface area contributed by atoms with E-state index >= 15 is 0 Å². The molecule has 5 heteroatoms. The van der Waals surface area contributed by atoms with Crippen molar-refractivity contribution < 1.29 is 4.39 Å². The Balaban J connectivity index is 1.59. The third-order valence-corrected chi connectivity index (χ3v) is 5.01. The first-order chi connectivity index (χ1) is 13.2. The second-order valence-corrected chi connectivity index (χ2v) is 6.87. The van der Waals surface area contributed by atoms with Crippen LogP contribution >= 0.6 is 11.6 Å². The molecule has 0 aliphatic heterocycles. The highest BCUT2D eigenvalue weighted by Crippen LogP contribution is 2.26. The minimum absolute atomic E-state index is 0.280. The molecule has 27 heavy (non-hydrogen) atoms. The summed E-state index contributed by atoms with van der Waals surface area (Å²) < 4.78 is 16.3. The molecule has 2 heterocycles. The van der Waals surface area contributed by atoms with Crippen molar-refractivity contribution in [1.82, 2.24) is 14.9 Å². The number of nitrogens with zero attached hydrogens (tertiary/aromatic N) is 2. The first-order valence-electron chi connectivity index (χ1n) is 8.81. The predicted molar refractivity (Wildman–Crippen MR) is 107 cm³/mol. The standard InChI is InChI=1S/C22H19ClFN3/c23-20-5-3-6-21(24)19(20)15-27-14-17(18-4-1-2-7-22(18)27)13-26-12-16-8-10-25-11-9-16/h1-11,14,26H,12-13,15H2. The number of pyridine rings is 1. The summed E-state index contributed by atoms with van der Waals surface area (Å²) in [6.45, 7) is 1.89. The zero-order chi connectivity index (χ0) is 18.6. The van der Waals surface area contributed by atoms with Crippen LogP contribution in [0, 0.1) is 5.82 Å². The fraction of sp³-hybridized carbons (Fsp3) is 0.136. The smallest absolute Gasteiger partial charge is 0.129 e. The van der Waals surface area contributed by atoms with E-state index < -0.39 is 0 Å². The van der Waals surface area contributed by atoms with Crippen LogP contribution in [0.25, 0.3) is 10.9 Å². The van der Waals surface area contributed by atoms with Gasteiger partial charge >= 0.3 is 0 Å². The summed E-state index contributed by atoms with van der Waals surface area (Å²) in [5.41, 5.74) is 3.94. The Kier molecular flexibility index (Phi) is 5.19. The quantitative estimate of drug-likeness (QED) is 0.501. The number of rotatable bonds is 6. The average Bonchev–Trinajstić information content (AvgIpc) is 3.04. The van der Waals surface area contributed by atoms with Crippen LogP contribution in [-0.2, 0) is 19.6 Å². The van der Waals surface area contributed by atoms with Crippen LogP contribution in [0.4, 0.5) is 4.39 Å². The van der Waals surface area contributed by atoms with Crippen LogP contribution in [-0.4, -0.2) is 9.55 Å². The molecule has 0 amide bonds. The molecule has 136 valence electrons. The number of hydrogen-bond acceptors (Lipinski definition) is 2. The number of hydrogen-bond donors (Lipinski definition) is 1. The first-order valence-corrected chi connectivity index (χ1v) is 9.19. The van der Waals surface area contributed by atoms with Crippen molar-refractivity contribution in [3.63, 3.8) is 0 Å². The lowest BCUT2D eigenvalue weighted by Crippen LogP contribution is -2.12. The van der Waals surface area contributed by atoms with Gasteiger partial charge in [-0.3, -0.25) is 4.98 Å². The summed E-state index contributed by atoms with van der Waals surface area (Å²) in [4.78, 5) is 4.04. The van der Waals surface area contributed by atoms with Crippen LogP contribution in [0.5, 0.6) is 0 Å². The Labute approximate surface area is 162 Å². The molecule has 0 fully saturated rings. The van der Waals surface area contributed by atoms with Crippen molar-refractivity contribution in [1.29, 1.82) is 0 Å². The molecule has 2 aromatic heterocycles. The van der Waals surface area contributed by atoms with Gasteiger partial charge in [0.1, 0.15) is 5.82 Å². The van der Waals surface area contributed by atoms with E-state index in [1.165, 1.54) is 17.2 Å². The van der Waals surface area contributed by atoms with E-state index in [9.17, 15) is 4.39 Å². The number of nitrogens with one attached hydrogen (secondary N) is 1. The molecule has 0 saturated heterocycles. The van der Waals surface area contributed by atoms with Gasteiger partial charge < -0.3 is 9.88 Å². The van der Waals surface area contributed by atoms with Crippen molar-refractivity contribution in [2.24, 2.45) is 0 Å². The minimum atomic E-state index is -0.280. The van der Waals surface area contributed by atoms with Crippen LogP contribution in [0.15, 0.2) is 73.2 Å². The van der Waals surface area contributed by atoms with Crippen LogP contribution in [0.3, 0.4) is 0 Å². The molecule has 0 bridgehead atoms. The summed E-state index contributed by atoms with van der Waals surface area (Å²) in [6, 6.07) is 17.0. The summed E-state index contributed by atoms with van der Waals surface area (Å²) in [5, 5.41) is 5.08. The summed E-state index contributed by atoms with van der Waals surface area (Å²) >= 11 is 6.22. The largest absolute Gasteiger partial charge is 0.343 e. The lowest BCUT2D eigenvalue weighted by atomic mass is 10.1. The lowest BCUT2D eigenvalue weighted by Gasteiger charge is -2.08.